The highest BCUT2D eigenvalue weighted by molar-refractivity contribution is 5.91. The average molecular weight is 386 g/mol. The number of hydrogen-bond donors (Lipinski definition) is 2. The number of nitrogens with zero attached hydrogens (tertiary/aromatic N) is 4. The lowest BCUT2D eigenvalue weighted by Gasteiger charge is -2.38. The number of carbonyl (C=O) groups is 2. The van der Waals surface area contributed by atoms with Crippen LogP contribution in [0.3, 0.4) is 0 Å². The third-order valence-electron chi connectivity index (χ3n) is 5.63. The first-order chi connectivity index (χ1) is 13.5. The van der Waals surface area contributed by atoms with Crippen LogP contribution in [0.25, 0.3) is 0 Å². The number of rotatable bonds is 5. The van der Waals surface area contributed by atoms with E-state index in [2.05, 4.69) is 20.6 Å². The molecule has 2 aromatic heterocycles. The predicted octanol–water partition coefficient (Wildman–Crippen LogP) is 2.19. The van der Waals surface area contributed by atoms with Gasteiger partial charge in [-0.05, 0) is 38.2 Å². The van der Waals surface area contributed by atoms with Gasteiger partial charge in [0.05, 0.1) is 12.6 Å². The standard InChI is InChI=1S/C19H26N6O3/c1-12-5-6-25(12)19(27)28-15-4-3-14(8-15)16-9-17(23-22-16)21-18(26)7-13-10-20-24(2)11-13/h9-12,14-15H,3-8H2,1-2H3,(H2,21,22,23,26)/t12-,14+,15-/m1/s1. The summed E-state index contributed by atoms with van der Waals surface area (Å²) in [4.78, 5) is 26.1. The average Bonchev–Trinajstić information content (AvgIpc) is 3.35. The van der Waals surface area contributed by atoms with E-state index in [0.29, 0.717) is 5.82 Å². The fourth-order valence-corrected chi connectivity index (χ4v) is 3.87. The van der Waals surface area contributed by atoms with Gasteiger partial charge in [0.1, 0.15) is 6.10 Å². The summed E-state index contributed by atoms with van der Waals surface area (Å²) >= 11 is 0. The predicted molar refractivity (Wildman–Crippen MR) is 102 cm³/mol. The number of H-pyrrole nitrogens is 1. The van der Waals surface area contributed by atoms with Crippen LogP contribution in [0.2, 0.25) is 0 Å². The molecule has 1 aliphatic heterocycles. The highest BCUT2D eigenvalue weighted by Crippen LogP contribution is 2.36. The molecule has 9 nitrogen and oxygen atoms in total. The number of ether oxygens (including phenoxy) is 1. The molecule has 4 rings (SSSR count). The Morgan fingerprint density at radius 3 is 2.89 bits per heavy atom. The zero-order valence-electron chi connectivity index (χ0n) is 16.2. The molecule has 0 spiro atoms. The van der Waals surface area contributed by atoms with Crippen molar-refractivity contribution in [3.63, 3.8) is 0 Å². The van der Waals surface area contributed by atoms with E-state index in [1.165, 1.54) is 0 Å². The number of likely N-dealkylation sites (tertiary alicyclic amines) is 1. The second-order valence-electron chi connectivity index (χ2n) is 7.80. The Labute approximate surface area is 163 Å². The molecule has 2 N–H and O–H groups in total. The Morgan fingerprint density at radius 1 is 1.36 bits per heavy atom. The number of nitrogens with one attached hydrogen (secondary N) is 2. The van der Waals surface area contributed by atoms with Gasteiger partial charge in [-0.15, -0.1) is 0 Å². The first-order valence-corrected chi connectivity index (χ1v) is 9.78. The molecule has 3 atom stereocenters. The molecular formula is C19H26N6O3. The van der Waals surface area contributed by atoms with Crippen LogP contribution in [0, 0.1) is 0 Å². The zero-order chi connectivity index (χ0) is 19.7. The minimum absolute atomic E-state index is 0.0581. The Kier molecular flexibility index (Phi) is 5.06. The lowest BCUT2D eigenvalue weighted by molar-refractivity contribution is -0.115. The molecule has 28 heavy (non-hydrogen) atoms. The summed E-state index contributed by atoms with van der Waals surface area (Å²) < 4.78 is 7.32. The Bertz CT molecular complexity index is 859. The third kappa shape index (κ3) is 4.02. The molecule has 2 aliphatic rings. The van der Waals surface area contributed by atoms with Crippen LogP contribution in [-0.4, -0.2) is 55.6 Å². The van der Waals surface area contributed by atoms with Crippen molar-refractivity contribution >= 4 is 17.8 Å². The van der Waals surface area contributed by atoms with E-state index in [4.69, 9.17) is 4.74 Å². The summed E-state index contributed by atoms with van der Waals surface area (Å²) in [6, 6.07) is 2.16. The van der Waals surface area contributed by atoms with E-state index < -0.39 is 0 Å². The third-order valence-corrected chi connectivity index (χ3v) is 5.63. The number of aryl methyl sites for hydroxylation is 1. The van der Waals surface area contributed by atoms with E-state index in [0.717, 1.165) is 43.5 Å². The van der Waals surface area contributed by atoms with Gasteiger partial charge < -0.3 is 15.0 Å². The van der Waals surface area contributed by atoms with E-state index in [1.807, 2.05) is 26.2 Å². The first-order valence-electron chi connectivity index (χ1n) is 9.78. The van der Waals surface area contributed by atoms with Crippen LogP contribution in [0.5, 0.6) is 0 Å². The number of aromatic amines is 1. The van der Waals surface area contributed by atoms with Crippen molar-refractivity contribution in [2.45, 2.75) is 57.1 Å². The zero-order valence-corrected chi connectivity index (χ0v) is 16.2. The van der Waals surface area contributed by atoms with Gasteiger partial charge >= 0.3 is 6.09 Å². The maximum absolute atomic E-state index is 12.2. The topological polar surface area (TPSA) is 105 Å². The molecule has 3 heterocycles. The quantitative estimate of drug-likeness (QED) is 0.819. The Balaban J connectivity index is 1.27. The lowest BCUT2D eigenvalue weighted by Crippen LogP contribution is -2.50. The summed E-state index contributed by atoms with van der Waals surface area (Å²) in [7, 11) is 1.82. The fourth-order valence-electron chi connectivity index (χ4n) is 3.87. The van der Waals surface area contributed by atoms with E-state index in [-0.39, 0.29) is 36.5 Å². The molecule has 1 saturated heterocycles. The lowest BCUT2D eigenvalue weighted by atomic mass is 10.0. The van der Waals surface area contributed by atoms with Gasteiger partial charge in [-0.3, -0.25) is 14.6 Å². The van der Waals surface area contributed by atoms with Crippen molar-refractivity contribution in [1.29, 1.82) is 0 Å². The number of anilines is 1. The van der Waals surface area contributed by atoms with Gasteiger partial charge in [-0.2, -0.15) is 10.2 Å². The summed E-state index contributed by atoms with van der Waals surface area (Å²) in [6.07, 6.45) is 7.10. The molecular weight excluding hydrogens is 360 g/mol. The van der Waals surface area contributed by atoms with Crippen LogP contribution in [0.15, 0.2) is 18.5 Å². The maximum atomic E-state index is 12.2. The molecule has 0 bridgehead atoms. The van der Waals surface area contributed by atoms with E-state index in [1.54, 1.807) is 15.8 Å². The van der Waals surface area contributed by atoms with Crippen LogP contribution in [-0.2, 0) is 23.0 Å². The van der Waals surface area contributed by atoms with Gasteiger partial charge in [0.2, 0.25) is 5.91 Å². The molecule has 0 radical (unpaired) electrons. The van der Waals surface area contributed by atoms with Crippen molar-refractivity contribution in [2.24, 2.45) is 7.05 Å². The van der Waals surface area contributed by atoms with Crippen molar-refractivity contribution in [2.75, 3.05) is 11.9 Å². The van der Waals surface area contributed by atoms with Crippen molar-refractivity contribution in [3.8, 4) is 0 Å². The summed E-state index contributed by atoms with van der Waals surface area (Å²) in [5.74, 6) is 0.634. The second kappa shape index (κ2) is 7.65. The van der Waals surface area contributed by atoms with Crippen LogP contribution >= 0.6 is 0 Å². The van der Waals surface area contributed by atoms with Gasteiger partial charge in [-0.25, -0.2) is 4.79 Å². The molecule has 1 aliphatic carbocycles. The summed E-state index contributed by atoms with van der Waals surface area (Å²) in [6.45, 7) is 2.83. The smallest absolute Gasteiger partial charge is 0.410 e. The monoisotopic (exact) mass is 386 g/mol. The highest BCUT2D eigenvalue weighted by Gasteiger charge is 2.34. The van der Waals surface area contributed by atoms with Gasteiger partial charge in [-0.1, -0.05) is 0 Å². The van der Waals surface area contributed by atoms with Crippen molar-refractivity contribution < 1.29 is 14.3 Å². The van der Waals surface area contributed by atoms with Crippen LogP contribution in [0.4, 0.5) is 10.6 Å². The van der Waals surface area contributed by atoms with Gasteiger partial charge in [0, 0.05) is 43.5 Å². The maximum Gasteiger partial charge on any atom is 0.410 e. The van der Waals surface area contributed by atoms with E-state index in [9.17, 15) is 9.59 Å². The molecule has 0 unspecified atom stereocenters. The largest absolute Gasteiger partial charge is 0.446 e. The van der Waals surface area contributed by atoms with Gasteiger partial charge in [0.25, 0.3) is 0 Å². The molecule has 2 aromatic rings. The second-order valence-corrected chi connectivity index (χ2v) is 7.80. The number of carbonyl (C=O) groups excluding carboxylic acids is 2. The molecule has 2 amide bonds. The number of aromatic nitrogens is 4. The molecule has 0 aromatic carbocycles. The summed E-state index contributed by atoms with van der Waals surface area (Å²) in [5, 5.41) is 14.1. The number of amides is 2. The van der Waals surface area contributed by atoms with Crippen LogP contribution < -0.4 is 5.32 Å². The van der Waals surface area contributed by atoms with E-state index >= 15 is 0 Å². The fraction of sp³-hybridized carbons (Fsp3) is 0.579. The van der Waals surface area contributed by atoms with Crippen LogP contribution in [0.1, 0.15) is 49.8 Å². The molecule has 2 fully saturated rings. The normalized spacial score (nSPS) is 24.1. The Hall–Kier alpha value is -2.84. The first kappa shape index (κ1) is 18.5. The highest BCUT2D eigenvalue weighted by atomic mass is 16.6. The minimum atomic E-state index is -0.197. The number of hydrogen-bond acceptors (Lipinski definition) is 5. The van der Waals surface area contributed by atoms with Gasteiger partial charge in [0.15, 0.2) is 5.82 Å². The molecule has 150 valence electrons. The summed E-state index contributed by atoms with van der Waals surface area (Å²) in [5.41, 5.74) is 1.82. The van der Waals surface area contributed by atoms with Crippen molar-refractivity contribution in [3.05, 3.63) is 29.7 Å². The molecule has 9 heteroatoms. The minimum Gasteiger partial charge on any atom is -0.446 e. The molecule has 1 saturated carbocycles. The SMILES string of the molecule is C[C@@H]1CCN1C(=O)O[C@@H]1CC[C@H](c2cc(NC(=O)Cc3cnn(C)c3)n[nH]2)C1. The Morgan fingerprint density at radius 2 is 2.21 bits per heavy atom. The van der Waals surface area contributed by atoms with Crippen molar-refractivity contribution in [1.82, 2.24) is 24.9 Å².